The van der Waals surface area contributed by atoms with Crippen LogP contribution < -0.4 is 4.90 Å². The molecule has 0 aliphatic heterocycles. The lowest BCUT2D eigenvalue weighted by molar-refractivity contribution is 0.800. The first kappa shape index (κ1) is 32.7. The molecule has 0 bridgehead atoms. The van der Waals surface area contributed by atoms with Crippen LogP contribution in [-0.2, 0) is 0 Å². The molecule has 10 rings (SSSR count). The van der Waals surface area contributed by atoms with E-state index in [1.165, 1.54) is 88.2 Å². The van der Waals surface area contributed by atoms with Gasteiger partial charge in [-0.2, -0.15) is 0 Å². The average Bonchev–Trinajstić information content (AvgIpc) is 3.27. The van der Waals surface area contributed by atoms with Crippen molar-refractivity contribution in [3.05, 3.63) is 230 Å². The lowest BCUT2D eigenvalue weighted by Crippen LogP contribution is -2.31. The molecular weight excluding hydrogens is 663 g/mol. The average molecular weight is 702 g/mol. The molecule has 0 saturated carbocycles. The van der Waals surface area contributed by atoms with Crippen LogP contribution in [0.1, 0.15) is 17.5 Å². The molecule has 0 radical (unpaired) electrons. The summed E-state index contributed by atoms with van der Waals surface area (Å²) in [5, 5.41) is 7.55. The van der Waals surface area contributed by atoms with Crippen molar-refractivity contribution in [1.82, 2.24) is 0 Å². The van der Waals surface area contributed by atoms with Crippen molar-refractivity contribution in [3.8, 4) is 22.3 Å². The Balaban J connectivity index is 1.11. The molecule has 260 valence electrons. The Bertz CT molecular complexity index is 2870. The zero-order valence-electron chi connectivity index (χ0n) is 30.5. The van der Waals surface area contributed by atoms with Crippen LogP contribution in [-0.4, -0.2) is 6.04 Å². The molecule has 0 spiro atoms. The molecule has 0 amide bonds. The molecule has 1 atom stereocenters. The minimum absolute atomic E-state index is 0.0682. The molecule has 1 aliphatic rings. The molecule has 1 nitrogen and oxygen atoms in total. The minimum Gasteiger partial charge on any atom is -0.334 e. The van der Waals surface area contributed by atoms with Crippen molar-refractivity contribution in [2.75, 3.05) is 4.90 Å². The second kappa shape index (κ2) is 14.1. The number of hydrogen-bond donors (Lipinski definition) is 0. The van der Waals surface area contributed by atoms with E-state index in [4.69, 9.17) is 0 Å². The monoisotopic (exact) mass is 701 g/mol. The standard InChI is InChI=1S/C54H39N/c1-3-13-38(14-4-1)40-23-26-43(27-24-40)50-34-33-48(37-53(50)42-16-5-2-6-17-42)55(54-36-46-19-9-10-20-49(46)51-21-11-12-22-52(51)54)47-31-29-41(30-32-47)45-28-25-39-15-7-8-18-44(39)35-45/h1-36,48H,37H2. The number of allylic oxidation sites excluding steroid dienone is 2. The van der Waals surface area contributed by atoms with Crippen molar-refractivity contribution in [1.29, 1.82) is 0 Å². The van der Waals surface area contributed by atoms with Gasteiger partial charge in [-0.15, -0.1) is 0 Å². The number of nitrogens with zero attached hydrogens (tertiary/aromatic N) is 1. The van der Waals surface area contributed by atoms with Crippen LogP contribution in [0, 0.1) is 0 Å². The maximum atomic E-state index is 2.58. The van der Waals surface area contributed by atoms with E-state index in [0.717, 1.165) is 6.42 Å². The van der Waals surface area contributed by atoms with Gasteiger partial charge in [-0.05, 0) is 102 Å². The molecule has 55 heavy (non-hydrogen) atoms. The fourth-order valence-electron chi connectivity index (χ4n) is 8.45. The second-order valence-corrected chi connectivity index (χ2v) is 14.5. The highest BCUT2D eigenvalue weighted by Gasteiger charge is 2.27. The SMILES string of the molecule is C1=CC(N(c2ccc(-c3ccc4ccccc4c3)cc2)c2cc3ccccc3c3ccccc23)CC(c2ccccc2)=C1c1ccc(-c2ccccc2)cc1. The maximum absolute atomic E-state index is 2.58. The summed E-state index contributed by atoms with van der Waals surface area (Å²) in [6.45, 7) is 0. The van der Waals surface area contributed by atoms with Crippen molar-refractivity contribution in [2.24, 2.45) is 0 Å². The fraction of sp³-hybridized carbons (Fsp3) is 0.0370. The Hall–Kier alpha value is -6.96. The van der Waals surface area contributed by atoms with Crippen molar-refractivity contribution in [2.45, 2.75) is 12.5 Å². The first-order valence-corrected chi connectivity index (χ1v) is 19.2. The van der Waals surface area contributed by atoms with Crippen LogP contribution in [0.3, 0.4) is 0 Å². The number of hydrogen-bond acceptors (Lipinski definition) is 1. The van der Waals surface area contributed by atoms with E-state index >= 15 is 0 Å². The highest BCUT2D eigenvalue weighted by atomic mass is 15.2. The van der Waals surface area contributed by atoms with Crippen LogP contribution in [0.25, 0.3) is 65.7 Å². The van der Waals surface area contributed by atoms with Crippen LogP contribution in [0.4, 0.5) is 11.4 Å². The molecule has 9 aromatic rings. The highest BCUT2D eigenvalue weighted by molar-refractivity contribution is 6.14. The van der Waals surface area contributed by atoms with Crippen LogP contribution >= 0.6 is 0 Å². The van der Waals surface area contributed by atoms with Crippen molar-refractivity contribution < 1.29 is 0 Å². The van der Waals surface area contributed by atoms with Gasteiger partial charge in [0, 0.05) is 11.1 Å². The molecule has 0 aromatic heterocycles. The third kappa shape index (κ3) is 6.20. The Morgan fingerprint density at radius 2 is 0.891 bits per heavy atom. The van der Waals surface area contributed by atoms with E-state index in [0.29, 0.717) is 0 Å². The fourth-order valence-corrected chi connectivity index (χ4v) is 8.45. The number of benzene rings is 9. The zero-order valence-corrected chi connectivity index (χ0v) is 30.5. The zero-order chi connectivity index (χ0) is 36.6. The van der Waals surface area contributed by atoms with Gasteiger partial charge in [0.25, 0.3) is 0 Å². The Morgan fingerprint density at radius 1 is 0.364 bits per heavy atom. The lowest BCUT2D eigenvalue weighted by atomic mass is 9.84. The lowest BCUT2D eigenvalue weighted by Gasteiger charge is -2.36. The smallest absolute Gasteiger partial charge is 0.0566 e. The summed E-state index contributed by atoms with van der Waals surface area (Å²) in [5.41, 5.74) is 12.4. The van der Waals surface area contributed by atoms with Crippen LogP contribution in [0.2, 0.25) is 0 Å². The summed E-state index contributed by atoms with van der Waals surface area (Å²) < 4.78 is 0. The maximum Gasteiger partial charge on any atom is 0.0566 e. The van der Waals surface area contributed by atoms with Gasteiger partial charge in [0.2, 0.25) is 0 Å². The second-order valence-electron chi connectivity index (χ2n) is 14.5. The molecule has 1 aliphatic carbocycles. The third-order valence-electron chi connectivity index (χ3n) is 11.2. The van der Waals surface area contributed by atoms with Gasteiger partial charge in [-0.1, -0.05) is 194 Å². The van der Waals surface area contributed by atoms with Crippen molar-refractivity contribution >= 4 is 54.8 Å². The summed E-state index contributed by atoms with van der Waals surface area (Å²) in [6, 6.07) is 75.3. The summed E-state index contributed by atoms with van der Waals surface area (Å²) in [5.74, 6) is 0. The quantitative estimate of drug-likeness (QED) is 0.150. The van der Waals surface area contributed by atoms with Gasteiger partial charge in [-0.25, -0.2) is 0 Å². The van der Waals surface area contributed by atoms with E-state index in [1.807, 2.05) is 0 Å². The van der Waals surface area contributed by atoms with Gasteiger partial charge in [0.15, 0.2) is 0 Å². The Labute approximate surface area is 322 Å². The van der Waals surface area contributed by atoms with Crippen LogP contribution in [0.5, 0.6) is 0 Å². The van der Waals surface area contributed by atoms with Gasteiger partial charge < -0.3 is 4.90 Å². The largest absolute Gasteiger partial charge is 0.334 e. The predicted molar refractivity (Wildman–Crippen MR) is 236 cm³/mol. The van der Waals surface area contributed by atoms with Gasteiger partial charge in [-0.3, -0.25) is 0 Å². The highest BCUT2D eigenvalue weighted by Crippen LogP contribution is 2.44. The topological polar surface area (TPSA) is 3.24 Å². The first-order chi connectivity index (χ1) is 27.3. The molecule has 0 heterocycles. The van der Waals surface area contributed by atoms with Gasteiger partial charge in [0.05, 0.1) is 11.7 Å². The normalized spacial score (nSPS) is 14.1. The van der Waals surface area contributed by atoms with E-state index < -0.39 is 0 Å². The summed E-state index contributed by atoms with van der Waals surface area (Å²) in [4.78, 5) is 2.58. The molecule has 0 N–H and O–H groups in total. The van der Waals surface area contributed by atoms with E-state index in [1.54, 1.807) is 0 Å². The van der Waals surface area contributed by atoms with Gasteiger partial charge >= 0.3 is 0 Å². The first-order valence-electron chi connectivity index (χ1n) is 19.2. The summed E-state index contributed by atoms with van der Waals surface area (Å²) >= 11 is 0. The molecule has 9 aromatic carbocycles. The molecule has 1 unspecified atom stereocenters. The summed E-state index contributed by atoms with van der Waals surface area (Å²) in [6.07, 6.45) is 5.64. The van der Waals surface area contributed by atoms with E-state index in [2.05, 4.69) is 223 Å². The molecular formula is C54H39N. The molecule has 0 fully saturated rings. The van der Waals surface area contributed by atoms with E-state index in [-0.39, 0.29) is 6.04 Å². The number of anilines is 2. The number of fused-ring (bicyclic) bond motifs is 4. The Morgan fingerprint density at radius 3 is 1.64 bits per heavy atom. The van der Waals surface area contributed by atoms with E-state index in [9.17, 15) is 0 Å². The molecule has 0 saturated heterocycles. The van der Waals surface area contributed by atoms with Crippen LogP contribution in [0.15, 0.2) is 218 Å². The Kier molecular flexibility index (Phi) is 8.39. The molecule has 1 heteroatoms. The minimum atomic E-state index is 0.0682. The van der Waals surface area contributed by atoms with Gasteiger partial charge in [0.1, 0.15) is 0 Å². The third-order valence-corrected chi connectivity index (χ3v) is 11.2. The number of rotatable bonds is 7. The summed E-state index contributed by atoms with van der Waals surface area (Å²) in [7, 11) is 0. The predicted octanol–water partition coefficient (Wildman–Crippen LogP) is 14.6. The van der Waals surface area contributed by atoms with Crippen molar-refractivity contribution in [3.63, 3.8) is 0 Å².